The highest BCUT2D eigenvalue weighted by Gasteiger charge is 2.23. The molecule has 0 aliphatic rings. The zero-order valence-corrected chi connectivity index (χ0v) is 19.3. The molecule has 0 N–H and O–H groups in total. The first-order chi connectivity index (χ1) is 15.6. The quantitative estimate of drug-likeness (QED) is 0.283. The molecule has 0 unspecified atom stereocenters. The van der Waals surface area contributed by atoms with Crippen LogP contribution in [0.3, 0.4) is 0 Å². The van der Waals surface area contributed by atoms with Crippen molar-refractivity contribution < 1.29 is 9.21 Å². The van der Waals surface area contributed by atoms with Crippen LogP contribution in [0.25, 0.3) is 11.0 Å². The zero-order valence-electron chi connectivity index (χ0n) is 18.5. The Kier molecular flexibility index (Phi) is 7.30. The van der Waals surface area contributed by atoms with E-state index in [9.17, 15) is 4.79 Å². The molecule has 1 heterocycles. The number of hydrogen-bond acceptors (Lipinski definition) is 4. The Bertz CT molecular complexity index is 1140. The Morgan fingerprint density at radius 3 is 2.38 bits per heavy atom. The zero-order chi connectivity index (χ0) is 22.3. The van der Waals surface area contributed by atoms with Crippen LogP contribution in [0, 0.1) is 0 Å². The summed E-state index contributed by atoms with van der Waals surface area (Å²) in [6.45, 7) is 1.53. The van der Waals surface area contributed by atoms with Gasteiger partial charge in [-0.3, -0.25) is 4.79 Å². The first-order valence-electron chi connectivity index (χ1n) is 10.8. The van der Waals surface area contributed by atoms with Gasteiger partial charge < -0.3 is 14.2 Å². The van der Waals surface area contributed by atoms with Crippen molar-refractivity contribution in [3.05, 3.63) is 96.3 Å². The van der Waals surface area contributed by atoms with E-state index in [-0.39, 0.29) is 5.91 Å². The van der Waals surface area contributed by atoms with Crippen molar-refractivity contribution in [3.8, 4) is 0 Å². The van der Waals surface area contributed by atoms with Crippen LogP contribution in [-0.4, -0.2) is 38.0 Å². The second-order valence-corrected chi connectivity index (χ2v) is 9.02. The molecule has 0 bridgehead atoms. The maximum atomic E-state index is 13.6. The average molecular weight is 445 g/mol. The third kappa shape index (κ3) is 5.42. The standard InChI is InChI=1S/C27H28N2O2S/c1-28(2)17-10-18-29(27(30)25-19-22-13-6-8-15-24(22)31-25)23-14-7-9-16-26(23)32-20-21-11-4-3-5-12-21/h3-9,11-16,19H,10,17-18,20H2,1-2H3. The summed E-state index contributed by atoms with van der Waals surface area (Å²) < 4.78 is 5.92. The molecule has 1 aromatic heterocycles. The molecule has 0 aliphatic heterocycles. The van der Waals surface area contributed by atoms with E-state index < -0.39 is 0 Å². The molecule has 164 valence electrons. The molecule has 4 rings (SSSR count). The van der Waals surface area contributed by atoms with Crippen LogP contribution in [0.5, 0.6) is 0 Å². The Morgan fingerprint density at radius 2 is 1.59 bits per heavy atom. The molecule has 4 nitrogen and oxygen atoms in total. The molecule has 1 amide bonds. The van der Waals surface area contributed by atoms with Gasteiger partial charge in [0.1, 0.15) is 5.58 Å². The molecule has 4 aromatic rings. The number of anilines is 1. The van der Waals surface area contributed by atoms with Crippen LogP contribution in [-0.2, 0) is 5.75 Å². The fourth-order valence-electron chi connectivity index (χ4n) is 3.63. The minimum atomic E-state index is -0.104. The topological polar surface area (TPSA) is 36.7 Å². The maximum Gasteiger partial charge on any atom is 0.294 e. The van der Waals surface area contributed by atoms with Gasteiger partial charge in [-0.05, 0) is 56.9 Å². The monoisotopic (exact) mass is 444 g/mol. The number of fused-ring (bicyclic) bond motifs is 1. The summed E-state index contributed by atoms with van der Waals surface area (Å²) in [7, 11) is 4.10. The Balaban J connectivity index is 1.63. The fraction of sp³-hybridized carbons (Fsp3) is 0.222. The number of benzene rings is 3. The first-order valence-corrected chi connectivity index (χ1v) is 11.8. The average Bonchev–Trinajstić information content (AvgIpc) is 3.25. The molecule has 32 heavy (non-hydrogen) atoms. The van der Waals surface area contributed by atoms with Gasteiger partial charge in [-0.15, -0.1) is 11.8 Å². The highest BCUT2D eigenvalue weighted by atomic mass is 32.2. The molecular formula is C27H28N2O2S. The summed E-state index contributed by atoms with van der Waals surface area (Å²) in [6, 6.07) is 28.1. The lowest BCUT2D eigenvalue weighted by Crippen LogP contribution is -2.33. The lowest BCUT2D eigenvalue weighted by atomic mass is 10.2. The molecule has 0 spiro atoms. The number of rotatable bonds is 9. The van der Waals surface area contributed by atoms with Crippen molar-refractivity contribution in [2.75, 3.05) is 32.1 Å². The van der Waals surface area contributed by atoms with Gasteiger partial charge in [-0.1, -0.05) is 60.7 Å². The van der Waals surface area contributed by atoms with Crippen molar-refractivity contribution >= 4 is 34.3 Å². The number of carbonyl (C=O) groups excluding carboxylic acids is 1. The van der Waals surface area contributed by atoms with E-state index in [1.807, 2.05) is 59.5 Å². The van der Waals surface area contributed by atoms with E-state index >= 15 is 0 Å². The van der Waals surface area contributed by atoms with Crippen molar-refractivity contribution in [2.24, 2.45) is 0 Å². The van der Waals surface area contributed by atoms with Gasteiger partial charge in [0.05, 0.1) is 5.69 Å². The number of furan rings is 1. The second kappa shape index (κ2) is 10.5. The van der Waals surface area contributed by atoms with Gasteiger partial charge in [0.15, 0.2) is 5.76 Å². The van der Waals surface area contributed by atoms with E-state index in [1.54, 1.807) is 11.8 Å². The van der Waals surface area contributed by atoms with E-state index in [0.29, 0.717) is 12.3 Å². The maximum absolute atomic E-state index is 13.6. The van der Waals surface area contributed by atoms with Crippen molar-refractivity contribution in [1.29, 1.82) is 0 Å². The van der Waals surface area contributed by atoms with Gasteiger partial charge >= 0.3 is 0 Å². The summed E-state index contributed by atoms with van der Waals surface area (Å²) in [6.07, 6.45) is 0.872. The van der Waals surface area contributed by atoms with Crippen LogP contribution in [0.2, 0.25) is 0 Å². The van der Waals surface area contributed by atoms with Crippen LogP contribution in [0.1, 0.15) is 22.5 Å². The molecule has 0 saturated heterocycles. The van der Waals surface area contributed by atoms with Gasteiger partial charge in [-0.25, -0.2) is 0 Å². The molecular weight excluding hydrogens is 416 g/mol. The minimum absolute atomic E-state index is 0.104. The Morgan fingerprint density at radius 1 is 0.875 bits per heavy atom. The third-order valence-corrected chi connectivity index (χ3v) is 6.40. The lowest BCUT2D eigenvalue weighted by Gasteiger charge is -2.25. The number of nitrogens with zero attached hydrogens (tertiary/aromatic N) is 2. The van der Waals surface area contributed by atoms with E-state index in [4.69, 9.17) is 4.42 Å². The summed E-state index contributed by atoms with van der Waals surface area (Å²) in [4.78, 5) is 18.7. The third-order valence-electron chi connectivity index (χ3n) is 5.26. The molecule has 0 radical (unpaired) electrons. The van der Waals surface area contributed by atoms with Crippen LogP contribution in [0.4, 0.5) is 5.69 Å². The summed E-state index contributed by atoms with van der Waals surface area (Å²) >= 11 is 1.75. The number of thioether (sulfide) groups is 1. The fourth-order valence-corrected chi connectivity index (χ4v) is 4.65. The van der Waals surface area contributed by atoms with Gasteiger partial charge in [0, 0.05) is 22.6 Å². The summed E-state index contributed by atoms with van der Waals surface area (Å²) in [5.74, 6) is 1.12. The van der Waals surface area contributed by atoms with Crippen molar-refractivity contribution in [2.45, 2.75) is 17.1 Å². The number of hydrogen-bond donors (Lipinski definition) is 0. The molecule has 3 aromatic carbocycles. The number of para-hydroxylation sites is 2. The Hall–Kier alpha value is -3.02. The lowest BCUT2D eigenvalue weighted by molar-refractivity contribution is 0.0961. The summed E-state index contributed by atoms with van der Waals surface area (Å²) in [5, 5.41) is 0.941. The highest BCUT2D eigenvalue weighted by Crippen LogP contribution is 2.34. The second-order valence-electron chi connectivity index (χ2n) is 8.00. The molecule has 0 fully saturated rings. The predicted octanol–water partition coefficient (Wildman–Crippen LogP) is 6.32. The Labute approximate surface area is 193 Å². The first kappa shape index (κ1) is 22.2. The normalized spacial score (nSPS) is 11.2. The largest absolute Gasteiger partial charge is 0.451 e. The SMILES string of the molecule is CN(C)CCCN(C(=O)c1cc2ccccc2o1)c1ccccc1SCc1ccccc1. The van der Waals surface area contributed by atoms with Gasteiger partial charge in [0.25, 0.3) is 5.91 Å². The summed E-state index contributed by atoms with van der Waals surface area (Å²) in [5.41, 5.74) is 2.92. The predicted molar refractivity (Wildman–Crippen MR) is 134 cm³/mol. The van der Waals surface area contributed by atoms with E-state index in [0.717, 1.165) is 40.3 Å². The number of amides is 1. The van der Waals surface area contributed by atoms with Crippen molar-refractivity contribution in [1.82, 2.24) is 4.90 Å². The minimum Gasteiger partial charge on any atom is -0.451 e. The smallest absolute Gasteiger partial charge is 0.294 e. The van der Waals surface area contributed by atoms with Crippen LogP contribution >= 0.6 is 11.8 Å². The van der Waals surface area contributed by atoms with Gasteiger partial charge in [0.2, 0.25) is 0 Å². The molecule has 0 saturated carbocycles. The van der Waals surface area contributed by atoms with Crippen LogP contribution in [0.15, 0.2) is 94.2 Å². The highest BCUT2D eigenvalue weighted by molar-refractivity contribution is 7.98. The molecule has 0 aliphatic carbocycles. The molecule has 0 atom stereocenters. The molecule has 5 heteroatoms. The van der Waals surface area contributed by atoms with E-state index in [1.165, 1.54) is 5.56 Å². The van der Waals surface area contributed by atoms with Crippen molar-refractivity contribution in [3.63, 3.8) is 0 Å². The van der Waals surface area contributed by atoms with Crippen LogP contribution < -0.4 is 4.90 Å². The number of carbonyl (C=O) groups is 1. The van der Waals surface area contributed by atoms with Gasteiger partial charge in [-0.2, -0.15) is 0 Å². The van der Waals surface area contributed by atoms with E-state index in [2.05, 4.69) is 49.3 Å².